The van der Waals surface area contributed by atoms with Gasteiger partial charge < -0.3 is 9.30 Å². The Morgan fingerprint density at radius 3 is 2.88 bits per heavy atom. The van der Waals surface area contributed by atoms with E-state index in [-0.39, 0.29) is 17.3 Å². The molecule has 0 saturated carbocycles. The molecule has 0 aliphatic carbocycles. The van der Waals surface area contributed by atoms with Crippen LogP contribution in [-0.4, -0.2) is 35.0 Å². The van der Waals surface area contributed by atoms with E-state index in [1.165, 1.54) is 18.6 Å². The SMILES string of the molecule is CS(=O)(=O)CCn1ccc2c(Oc3cc(C#N)ncn3)cccc21. The Morgan fingerprint density at radius 2 is 2.12 bits per heavy atom. The summed E-state index contributed by atoms with van der Waals surface area (Å²) >= 11 is 0. The summed E-state index contributed by atoms with van der Waals surface area (Å²) in [7, 11) is -3.03. The molecule has 0 bridgehead atoms. The molecular weight excluding hydrogens is 328 g/mol. The summed E-state index contributed by atoms with van der Waals surface area (Å²) in [6.45, 7) is 0.373. The summed E-state index contributed by atoms with van der Waals surface area (Å²) in [4.78, 5) is 7.79. The minimum absolute atomic E-state index is 0.0688. The number of nitrogens with zero attached hydrogens (tertiary/aromatic N) is 4. The second kappa shape index (κ2) is 6.29. The molecule has 0 radical (unpaired) electrons. The van der Waals surface area contributed by atoms with Gasteiger partial charge in [0.1, 0.15) is 33.7 Å². The summed E-state index contributed by atoms with van der Waals surface area (Å²) in [6.07, 6.45) is 4.31. The van der Waals surface area contributed by atoms with E-state index in [9.17, 15) is 8.42 Å². The molecule has 0 amide bonds. The van der Waals surface area contributed by atoms with Crippen LogP contribution in [0.3, 0.4) is 0 Å². The van der Waals surface area contributed by atoms with Crippen molar-refractivity contribution in [3.8, 4) is 17.7 Å². The standard InChI is InChI=1S/C16H14N4O3S/c1-24(21,22)8-7-20-6-5-13-14(20)3-2-4-15(13)23-16-9-12(10-17)18-11-19-16/h2-6,9,11H,7-8H2,1H3. The van der Waals surface area contributed by atoms with Gasteiger partial charge in [-0.25, -0.2) is 18.4 Å². The summed E-state index contributed by atoms with van der Waals surface area (Å²) in [5.74, 6) is 0.922. The highest BCUT2D eigenvalue weighted by atomic mass is 32.2. The predicted molar refractivity (Wildman–Crippen MR) is 88.5 cm³/mol. The Bertz CT molecular complexity index is 1030. The molecule has 122 valence electrons. The van der Waals surface area contributed by atoms with Crippen LogP contribution in [0.1, 0.15) is 5.69 Å². The molecule has 8 heteroatoms. The molecule has 0 atom stereocenters. The number of rotatable bonds is 5. The fourth-order valence-corrected chi connectivity index (χ4v) is 2.84. The largest absolute Gasteiger partial charge is 0.438 e. The fraction of sp³-hybridized carbons (Fsp3) is 0.188. The van der Waals surface area contributed by atoms with Crippen molar-refractivity contribution < 1.29 is 13.2 Å². The van der Waals surface area contributed by atoms with Crippen LogP contribution in [0.15, 0.2) is 42.9 Å². The second-order valence-corrected chi connectivity index (χ2v) is 7.54. The van der Waals surface area contributed by atoms with E-state index in [2.05, 4.69) is 9.97 Å². The Labute approximate surface area is 139 Å². The van der Waals surface area contributed by atoms with Gasteiger partial charge in [0.15, 0.2) is 0 Å². The molecule has 2 aromatic heterocycles. The number of nitriles is 1. The molecule has 0 N–H and O–H groups in total. The van der Waals surface area contributed by atoms with E-state index in [1.807, 2.05) is 35.0 Å². The minimum Gasteiger partial charge on any atom is -0.438 e. The third-order valence-electron chi connectivity index (χ3n) is 3.45. The second-order valence-electron chi connectivity index (χ2n) is 5.28. The molecule has 0 saturated heterocycles. The van der Waals surface area contributed by atoms with Crippen LogP contribution in [-0.2, 0) is 16.4 Å². The molecule has 3 aromatic rings. The van der Waals surface area contributed by atoms with E-state index in [0.717, 1.165) is 10.9 Å². The van der Waals surface area contributed by atoms with E-state index in [0.29, 0.717) is 12.3 Å². The van der Waals surface area contributed by atoms with Crippen molar-refractivity contribution in [1.29, 1.82) is 5.26 Å². The van der Waals surface area contributed by atoms with Crippen molar-refractivity contribution in [2.75, 3.05) is 12.0 Å². The molecule has 2 heterocycles. The van der Waals surface area contributed by atoms with Crippen LogP contribution in [0, 0.1) is 11.3 Å². The average Bonchev–Trinajstić information content (AvgIpc) is 2.97. The highest BCUT2D eigenvalue weighted by Crippen LogP contribution is 2.30. The lowest BCUT2D eigenvalue weighted by Crippen LogP contribution is -2.10. The van der Waals surface area contributed by atoms with Crippen molar-refractivity contribution in [2.24, 2.45) is 0 Å². The van der Waals surface area contributed by atoms with Gasteiger partial charge in [-0.3, -0.25) is 0 Å². The van der Waals surface area contributed by atoms with Gasteiger partial charge in [0.2, 0.25) is 5.88 Å². The first-order valence-electron chi connectivity index (χ1n) is 7.12. The van der Waals surface area contributed by atoms with Crippen LogP contribution < -0.4 is 4.74 Å². The third kappa shape index (κ3) is 3.52. The Morgan fingerprint density at radius 1 is 1.29 bits per heavy atom. The Kier molecular flexibility index (Phi) is 4.18. The summed E-state index contributed by atoms with van der Waals surface area (Å²) in [6, 6.07) is 10.8. The van der Waals surface area contributed by atoms with E-state index in [1.54, 1.807) is 6.07 Å². The maximum atomic E-state index is 11.4. The first-order chi connectivity index (χ1) is 11.5. The van der Waals surface area contributed by atoms with Crippen LogP contribution >= 0.6 is 0 Å². The monoisotopic (exact) mass is 342 g/mol. The van der Waals surface area contributed by atoms with Crippen molar-refractivity contribution >= 4 is 20.7 Å². The van der Waals surface area contributed by atoms with Crippen molar-refractivity contribution in [3.05, 3.63) is 48.5 Å². The van der Waals surface area contributed by atoms with Gasteiger partial charge >= 0.3 is 0 Å². The lowest BCUT2D eigenvalue weighted by Gasteiger charge is -2.08. The maximum Gasteiger partial charge on any atom is 0.223 e. The normalized spacial score (nSPS) is 11.3. The summed E-state index contributed by atoms with van der Waals surface area (Å²) < 4.78 is 30.3. The van der Waals surface area contributed by atoms with Crippen molar-refractivity contribution in [2.45, 2.75) is 6.54 Å². The minimum atomic E-state index is -3.03. The molecular formula is C16H14N4O3S. The number of fused-ring (bicyclic) bond motifs is 1. The zero-order chi connectivity index (χ0) is 17.2. The van der Waals surface area contributed by atoms with Gasteiger partial charge in [-0.2, -0.15) is 5.26 Å². The number of hydrogen-bond donors (Lipinski definition) is 0. The number of ether oxygens (including phenoxy) is 1. The number of sulfone groups is 1. The molecule has 0 fully saturated rings. The van der Waals surface area contributed by atoms with Gasteiger partial charge in [-0.15, -0.1) is 0 Å². The lowest BCUT2D eigenvalue weighted by atomic mass is 10.2. The fourth-order valence-electron chi connectivity index (χ4n) is 2.31. The zero-order valence-corrected chi connectivity index (χ0v) is 13.7. The molecule has 0 spiro atoms. The van der Waals surface area contributed by atoms with E-state index >= 15 is 0 Å². The molecule has 1 aromatic carbocycles. The number of aromatic nitrogens is 3. The summed E-state index contributed by atoms with van der Waals surface area (Å²) in [5, 5.41) is 9.72. The number of benzene rings is 1. The quantitative estimate of drug-likeness (QED) is 0.704. The van der Waals surface area contributed by atoms with Crippen molar-refractivity contribution in [3.63, 3.8) is 0 Å². The van der Waals surface area contributed by atoms with Crippen molar-refractivity contribution in [1.82, 2.24) is 14.5 Å². The average molecular weight is 342 g/mol. The van der Waals surface area contributed by atoms with Gasteiger partial charge in [-0.1, -0.05) is 6.07 Å². The smallest absolute Gasteiger partial charge is 0.223 e. The van der Waals surface area contributed by atoms with Crippen LogP contribution in [0.5, 0.6) is 11.6 Å². The van der Waals surface area contributed by atoms with E-state index < -0.39 is 9.84 Å². The molecule has 7 nitrogen and oxygen atoms in total. The predicted octanol–water partition coefficient (Wildman–Crippen LogP) is 2.14. The Hall–Kier alpha value is -2.92. The zero-order valence-electron chi connectivity index (χ0n) is 12.9. The maximum absolute atomic E-state index is 11.4. The highest BCUT2D eigenvalue weighted by Gasteiger charge is 2.10. The van der Waals surface area contributed by atoms with Gasteiger partial charge in [0.25, 0.3) is 0 Å². The first kappa shape index (κ1) is 16.0. The van der Waals surface area contributed by atoms with Crippen LogP contribution in [0.4, 0.5) is 0 Å². The number of aryl methyl sites for hydroxylation is 1. The Balaban J connectivity index is 1.92. The molecule has 3 rings (SSSR count). The van der Waals surface area contributed by atoms with Gasteiger partial charge in [0, 0.05) is 30.4 Å². The molecule has 0 aliphatic rings. The molecule has 0 aliphatic heterocycles. The lowest BCUT2D eigenvalue weighted by molar-refractivity contribution is 0.466. The first-order valence-corrected chi connectivity index (χ1v) is 9.18. The number of hydrogen-bond acceptors (Lipinski definition) is 6. The highest BCUT2D eigenvalue weighted by molar-refractivity contribution is 7.90. The van der Waals surface area contributed by atoms with Gasteiger partial charge in [0.05, 0.1) is 11.3 Å². The molecule has 24 heavy (non-hydrogen) atoms. The van der Waals surface area contributed by atoms with Crippen LogP contribution in [0.2, 0.25) is 0 Å². The van der Waals surface area contributed by atoms with Crippen LogP contribution in [0.25, 0.3) is 10.9 Å². The summed E-state index contributed by atoms with van der Waals surface area (Å²) in [5.41, 5.74) is 1.09. The topological polar surface area (TPSA) is 97.9 Å². The third-order valence-corrected chi connectivity index (χ3v) is 4.37. The van der Waals surface area contributed by atoms with Gasteiger partial charge in [-0.05, 0) is 18.2 Å². The molecule has 0 unspecified atom stereocenters. The van der Waals surface area contributed by atoms with E-state index in [4.69, 9.17) is 10.00 Å².